The van der Waals surface area contributed by atoms with Gasteiger partial charge >= 0.3 is 5.97 Å². The average Bonchev–Trinajstić information content (AvgIpc) is 2.26. The van der Waals surface area contributed by atoms with Gasteiger partial charge in [-0.15, -0.1) is 0 Å². The first-order valence-corrected chi connectivity index (χ1v) is 5.58. The topological polar surface area (TPSA) is 66.8 Å². The Balaban J connectivity index is 2.90. The van der Waals surface area contributed by atoms with E-state index < -0.39 is 23.3 Å². The number of aliphatic carboxylic acids is 1. The number of carbonyl (C=O) groups is 1. The Labute approximate surface area is 105 Å². The van der Waals surface area contributed by atoms with E-state index in [1.165, 1.54) is 32.9 Å². The molecule has 0 aliphatic rings. The van der Waals surface area contributed by atoms with Gasteiger partial charge in [0.2, 0.25) is 0 Å². The van der Waals surface area contributed by atoms with Gasteiger partial charge in [0.05, 0.1) is 11.5 Å². The second-order valence-corrected chi connectivity index (χ2v) is 4.84. The SMILES string of the molecule is C[C@@H](O)c1ccc(F)cc1OCC(C)(C)C(=O)O. The summed E-state index contributed by atoms with van der Waals surface area (Å²) in [6.45, 7) is 4.45. The number of hydrogen-bond acceptors (Lipinski definition) is 3. The predicted molar refractivity (Wildman–Crippen MR) is 63.9 cm³/mol. The van der Waals surface area contributed by atoms with Crippen LogP contribution in [0.15, 0.2) is 18.2 Å². The summed E-state index contributed by atoms with van der Waals surface area (Å²) in [5.74, 6) is -1.33. The zero-order valence-electron chi connectivity index (χ0n) is 10.6. The van der Waals surface area contributed by atoms with Crippen molar-refractivity contribution in [2.75, 3.05) is 6.61 Å². The number of benzene rings is 1. The number of halogens is 1. The van der Waals surface area contributed by atoms with Crippen LogP contribution in [0, 0.1) is 11.2 Å². The first-order valence-electron chi connectivity index (χ1n) is 5.58. The fraction of sp³-hybridized carbons (Fsp3) is 0.462. The van der Waals surface area contributed by atoms with Gasteiger partial charge in [-0.25, -0.2) is 4.39 Å². The summed E-state index contributed by atoms with van der Waals surface area (Å²) in [5, 5.41) is 18.5. The van der Waals surface area contributed by atoms with Crippen LogP contribution in [0.5, 0.6) is 5.75 Å². The second kappa shape index (κ2) is 5.35. The average molecular weight is 256 g/mol. The molecule has 4 nitrogen and oxygen atoms in total. The fourth-order valence-electron chi connectivity index (χ4n) is 1.30. The highest BCUT2D eigenvalue weighted by molar-refractivity contribution is 5.73. The zero-order chi connectivity index (χ0) is 13.9. The molecule has 0 aliphatic carbocycles. The number of carboxylic acids is 1. The van der Waals surface area contributed by atoms with Crippen molar-refractivity contribution in [3.8, 4) is 5.75 Å². The highest BCUT2D eigenvalue weighted by atomic mass is 19.1. The van der Waals surface area contributed by atoms with Crippen molar-refractivity contribution in [2.24, 2.45) is 5.41 Å². The molecule has 1 aromatic carbocycles. The van der Waals surface area contributed by atoms with Gasteiger partial charge in [0.15, 0.2) is 0 Å². The van der Waals surface area contributed by atoms with E-state index >= 15 is 0 Å². The third kappa shape index (κ3) is 3.43. The summed E-state index contributed by atoms with van der Waals surface area (Å²) in [6, 6.07) is 3.78. The van der Waals surface area contributed by atoms with Crippen LogP contribution in [-0.4, -0.2) is 22.8 Å². The molecule has 0 amide bonds. The Kier molecular flexibility index (Phi) is 4.29. The van der Waals surface area contributed by atoms with Crippen LogP contribution in [0.2, 0.25) is 0 Å². The monoisotopic (exact) mass is 256 g/mol. The molecular formula is C13H17FO4. The zero-order valence-corrected chi connectivity index (χ0v) is 10.6. The molecule has 5 heteroatoms. The third-order valence-electron chi connectivity index (χ3n) is 2.59. The van der Waals surface area contributed by atoms with E-state index in [-0.39, 0.29) is 12.4 Å². The third-order valence-corrected chi connectivity index (χ3v) is 2.59. The Morgan fingerprint density at radius 2 is 2.11 bits per heavy atom. The lowest BCUT2D eigenvalue weighted by Gasteiger charge is -2.21. The van der Waals surface area contributed by atoms with E-state index in [9.17, 15) is 14.3 Å². The van der Waals surface area contributed by atoms with E-state index in [1.807, 2.05) is 0 Å². The molecule has 0 heterocycles. The predicted octanol–water partition coefficient (Wildman–Crippen LogP) is 2.37. The molecule has 0 spiro atoms. The van der Waals surface area contributed by atoms with E-state index in [4.69, 9.17) is 9.84 Å². The van der Waals surface area contributed by atoms with Crippen LogP contribution >= 0.6 is 0 Å². The molecule has 18 heavy (non-hydrogen) atoms. The first-order chi connectivity index (χ1) is 8.24. The van der Waals surface area contributed by atoms with Crippen LogP contribution < -0.4 is 4.74 Å². The van der Waals surface area contributed by atoms with Gasteiger partial charge in [-0.1, -0.05) is 0 Å². The minimum absolute atomic E-state index is 0.106. The highest BCUT2D eigenvalue weighted by Gasteiger charge is 2.28. The van der Waals surface area contributed by atoms with Crippen LogP contribution in [0.1, 0.15) is 32.4 Å². The fourth-order valence-corrected chi connectivity index (χ4v) is 1.30. The Bertz CT molecular complexity index is 441. The molecule has 0 aromatic heterocycles. The van der Waals surface area contributed by atoms with Crippen LogP contribution in [0.25, 0.3) is 0 Å². The van der Waals surface area contributed by atoms with Gasteiger partial charge in [-0.2, -0.15) is 0 Å². The molecule has 2 N–H and O–H groups in total. The van der Waals surface area contributed by atoms with Gasteiger partial charge in [-0.05, 0) is 32.9 Å². The number of aliphatic hydroxyl groups excluding tert-OH is 1. The Morgan fingerprint density at radius 3 is 2.61 bits per heavy atom. The summed E-state index contributed by atoms with van der Waals surface area (Å²) in [6.07, 6.45) is -0.812. The number of ether oxygens (including phenoxy) is 1. The largest absolute Gasteiger partial charge is 0.492 e. The smallest absolute Gasteiger partial charge is 0.312 e. The van der Waals surface area contributed by atoms with Crippen molar-refractivity contribution in [3.63, 3.8) is 0 Å². The van der Waals surface area contributed by atoms with Crippen molar-refractivity contribution in [3.05, 3.63) is 29.6 Å². The summed E-state index contributed by atoms with van der Waals surface area (Å²) < 4.78 is 18.4. The van der Waals surface area contributed by atoms with Gasteiger partial charge in [0, 0.05) is 11.6 Å². The highest BCUT2D eigenvalue weighted by Crippen LogP contribution is 2.28. The molecule has 0 unspecified atom stereocenters. The lowest BCUT2D eigenvalue weighted by atomic mass is 9.95. The van der Waals surface area contributed by atoms with E-state index in [1.54, 1.807) is 0 Å². The van der Waals surface area contributed by atoms with Crippen molar-refractivity contribution >= 4 is 5.97 Å². The van der Waals surface area contributed by atoms with Gasteiger partial charge in [0.1, 0.15) is 18.2 Å². The quantitative estimate of drug-likeness (QED) is 0.848. The van der Waals surface area contributed by atoms with E-state index in [2.05, 4.69) is 0 Å². The number of rotatable bonds is 5. The first kappa shape index (κ1) is 14.4. The molecule has 0 fully saturated rings. The molecule has 1 atom stereocenters. The molecule has 100 valence electrons. The Hall–Kier alpha value is -1.62. The molecule has 1 aromatic rings. The van der Waals surface area contributed by atoms with Crippen molar-refractivity contribution in [2.45, 2.75) is 26.9 Å². The molecule has 0 bridgehead atoms. The molecular weight excluding hydrogens is 239 g/mol. The summed E-state index contributed by atoms with van der Waals surface area (Å²) in [5.41, 5.74) is -0.653. The Morgan fingerprint density at radius 1 is 1.50 bits per heavy atom. The molecule has 0 aliphatic heterocycles. The van der Waals surface area contributed by atoms with Gasteiger partial charge < -0.3 is 14.9 Å². The van der Waals surface area contributed by atoms with Crippen molar-refractivity contribution < 1.29 is 24.1 Å². The normalized spacial score (nSPS) is 13.2. The van der Waals surface area contributed by atoms with Crippen LogP contribution in [-0.2, 0) is 4.79 Å². The maximum absolute atomic E-state index is 13.1. The van der Waals surface area contributed by atoms with E-state index in [0.717, 1.165) is 6.07 Å². The van der Waals surface area contributed by atoms with Crippen LogP contribution in [0.4, 0.5) is 4.39 Å². The van der Waals surface area contributed by atoms with Gasteiger partial charge in [-0.3, -0.25) is 4.79 Å². The molecule has 0 saturated carbocycles. The number of carboxylic acid groups (broad SMARTS) is 1. The summed E-state index contributed by atoms with van der Waals surface area (Å²) >= 11 is 0. The molecule has 0 radical (unpaired) electrons. The lowest BCUT2D eigenvalue weighted by Crippen LogP contribution is -2.30. The van der Waals surface area contributed by atoms with Crippen molar-refractivity contribution in [1.82, 2.24) is 0 Å². The summed E-state index contributed by atoms with van der Waals surface area (Å²) in [7, 11) is 0. The van der Waals surface area contributed by atoms with E-state index in [0.29, 0.717) is 5.56 Å². The standard InChI is InChI=1S/C13H17FO4/c1-8(15)10-5-4-9(14)6-11(10)18-7-13(2,3)12(16)17/h4-6,8,15H,7H2,1-3H3,(H,16,17)/t8-/m1/s1. The molecule has 0 saturated heterocycles. The van der Waals surface area contributed by atoms with Gasteiger partial charge in [0.25, 0.3) is 0 Å². The number of aliphatic hydroxyl groups is 1. The molecule has 1 rings (SSSR count). The number of hydrogen-bond donors (Lipinski definition) is 2. The second-order valence-electron chi connectivity index (χ2n) is 4.84. The van der Waals surface area contributed by atoms with Crippen molar-refractivity contribution in [1.29, 1.82) is 0 Å². The summed E-state index contributed by atoms with van der Waals surface area (Å²) in [4.78, 5) is 10.9. The maximum atomic E-state index is 13.1. The lowest BCUT2D eigenvalue weighted by molar-refractivity contribution is -0.148. The minimum atomic E-state index is -1.08. The minimum Gasteiger partial charge on any atom is -0.492 e. The van der Waals surface area contributed by atoms with Crippen LogP contribution in [0.3, 0.4) is 0 Å². The maximum Gasteiger partial charge on any atom is 0.312 e.